The van der Waals surface area contributed by atoms with Crippen molar-refractivity contribution in [1.82, 2.24) is 9.66 Å². The lowest BCUT2D eigenvalue weighted by molar-refractivity contribution is -0.118. The zero-order valence-electron chi connectivity index (χ0n) is 22.1. The molecule has 0 radical (unpaired) electrons. The second-order valence-corrected chi connectivity index (χ2v) is 11.4. The molecule has 1 aromatic heterocycles. The highest BCUT2D eigenvalue weighted by molar-refractivity contribution is 14.1. The fraction of sp³-hybridized carbons (Fsp3) is 0.241. The summed E-state index contributed by atoms with van der Waals surface area (Å²) < 4.78 is 14.6. The number of carbonyl (C=O) groups excluding carboxylic acids is 1. The van der Waals surface area contributed by atoms with Gasteiger partial charge in [0.25, 0.3) is 11.5 Å². The Bertz CT molecular complexity index is 1630. The molecule has 1 heterocycles. The summed E-state index contributed by atoms with van der Waals surface area (Å²) in [7, 11) is 0. The minimum atomic E-state index is -0.321. The lowest BCUT2D eigenvalue weighted by Crippen LogP contribution is -2.23. The monoisotopic (exact) mass is 736 g/mol. The summed E-state index contributed by atoms with van der Waals surface area (Å²) in [6, 6.07) is 15.9. The standard InChI is InChI=1S/C29H27BrClIN4O4/c1-4-17(3)28-35-24-11-6-19(30)14-22(24)29(38)36(28)33-15-18-12-23(32)27(25(13-18)39-5-2)40-16-26(37)34-21-9-7-20(31)8-10-21/h6-15,17H,4-5,16H2,1-3H3,(H,34,37)/t17-/m1/s1. The highest BCUT2D eigenvalue weighted by atomic mass is 127. The molecule has 0 fully saturated rings. The Hall–Kier alpha value is -2.96. The Morgan fingerprint density at radius 3 is 2.62 bits per heavy atom. The Morgan fingerprint density at radius 1 is 1.18 bits per heavy atom. The Kier molecular flexibility index (Phi) is 10.2. The summed E-state index contributed by atoms with van der Waals surface area (Å²) in [5.74, 6) is 1.20. The van der Waals surface area contributed by atoms with E-state index in [1.165, 1.54) is 4.68 Å². The molecule has 0 aliphatic rings. The first-order valence-electron chi connectivity index (χ1n) is 12.6. The average molecular weight is 738 g/mol. The van der Waals surface area contributed by atoms with Gasteiger partial charge in [-0.2, -0.15) is 9.78 Å². The van der Waals surface area contributed by atoms with Crippen LogP contribution in [-0.2, 0) is 4.79 Å². The predicted molar refractivity (Wildman–Crippen MR) is 171 cm³/mol. The molecule has 1 amide bonds. The highest BCUT2D eigenvalue weighted by Crippen LogP contribution is 2.34. The van der Waals surface area contributed by atoms with Gasteiger partial charge in [0.2, 0.25) is 0 Å². The number of halogens is 3. The smallest absolute Gasteiger partial charge is 0.282 e. The van der Waals surface area contributed by atoms with Gasteiger partial charge in [-0.05, 0) is 96.1 Å². The molecule has 8 nitrogen and oxygen atoms in total. The van der Waals surface area contributed by atoms with Gasteiger partial charge >= 0.3 is 0 Å². The summed E-state index contributed by atoms with van der Waals surface area (Å²) in [5, 5.41) is 8.38. The number of anilines is 1. The maximum Gasteiger partial charge on any atom is 0.282 e. The number of benzene rings is 3. The van der Waals surface area contributed by atoms with Crippen LogP contribution in [0.15, 0.2) is 69.0 Å². The maximum absolute atomic E-state index is 13.4. The van der Waals surface area contributed by atoms with E-state index in [0.29, 0.717) is 51.1 Å². The number of amides is 1. The lowest BCUT2D eigenvalue weighted by atomic mass is 10.1. The average Bonchev–Trinajstić information content (AvgIpc) is 2.93. The third kappa shape index (κ3) is 7.21. The summed E-state index contributed by atoms with van der Waals surface area (Å²) in [5.41, 5.74) is 1.70. The minimum Gasteiger partial charge on any atom is -0.490 e. The largest absolute Gasteiger partial charge is 0.490 e. The van der Waals surface area contributed by atoms with Crippen molar-refractivity contribution in [2.45, 2.75) is 33.1 Å². The maximum atomic E-state index is 13.4. The number of aromatic nitrogens is 2. The van der Waals surface area contributed by atoms with Crippen molar-refractivity contribution in [2.24, 2.45) is 5.10 Å². The van der Waals surface area contributed by atoms with E-state index in [-0.39, 0.29) is 24.0 Å². The molecule has 0 aliphatic carbocycles. The van der Waals surface area contributed by atoms with Crippen LogP contribution in [0.2, 0.25) is 5.02 Å². The van der Waals surface area contributed by atoms with E-state index in [1.807, 2.05) is 39.0 Å². The molecule has 0 spiro atoms. The molecule has 11 heteroatoms. The first-order chi connectivity index (χ1) is 19.2. The number of nitrogens with one attached hydrogen (secondary N) is 1. The number of nitrogens with zero attached hydrogens (tertiary/aromatic N) is 3. The minimum absolute atomic E-state index is 0.0202. The molecule has 0 unspecified atom stereocenters. The quantitative estimate of drug-likeness (QED) is 0.137. The van der Waals surface area contributed by atoms with E-state index in [0.717, 1.165) is 14.5 Å². The molecular weight excluding hydrogens is 711 g/mol. The van der Waals surface area contributed by atoms with Crippen molar-refractivity contribution < 1.29 is 14.3 Å². The van der Waals surface area contributed by atoms with Crippen LogP contribution in [0.3, 0.4) is 0 Å². The first-order valence-corrected chi connectivity index (χ1v) is 14.9. The van der Waals surface area contributed by atoms with Gasteiger partial charge in [-0.1, -0.05) is 41.4 Å². The zero-order chi connectivity index (χ0) is 28.8. The van der Waals surface area contributed by atoms with Gasteiger partial charge < -0.3 is 14.8 Å². The van der Waals surface area contributed by atoms with Crippen LogP contribution in [0.4, 0.5) is 5.69 Å². The van der Waals surface area contributed by atoms with E-state index in [1.54, 1.807) is 42.6 Å². The van der Waals surface area contributed by atoms with E-state index >= 15 is 0 Å². The highest BCUT2D eigenvalue weighted by Gasteiger charge is 2.17. The van der Waals surface area contributed by atoms with Crippen LogP contribution < -0.4 is 20.3 Å². The van der Waals surface area contributed by atoms with Gasteiger partial charge in [-0.3, -0.25) is 9.59 Å². The third-order valence-corrected chi connectivity index (χ3v) is 7.56. The van der Waals surface area contributed by atoms with Gasteiger partial charge in [0.15, 0.2) is 18.1 Å². The summed E-state index contributed by atoms with van der Waals surface area (Å²) in [4.78, 5) is 30.6. The normalized spacial score (nSPS) is 12.1. The summed E-state index contributed by atoms with van der Waals surface area (Å²) in [6.07, 6.45) is 2.40. The van der Waals surface area contributed by atoms with Crippen molar-refractivity contribution in [1.29, 1.82) is 0 Å². The van der Waals surface area contributed by atoms with Crippen LogP contribution in [0.5, 0.6) is 11.5 Å². The van der Waals surface area contributed by atoms with Gasteiger partial charge in [0.1, 0.15) is 5.82 Å². The number of hydrogen-bond acceptors (Lipinski definition) is 6. The van der Waals surface area contributed by atoms with Crippen molar-refractivity contribution in [3.05, 3.63) is 89.4 Å². The molecule has 0 saturated heterocycles. The van der Waals surface area contributed by atoms with Gasteiger partial charge in [0.05, 0.1) is 27.3 Å². The molecule has 40 heavy (non-hydrogen) atoms. The van der Waals surface area contributed by atoms with Crippen LogP contribution in [0.1, 0.15) is 44.5 Å². The number of fused-ring (bicyclic) bond motifs is 1. The molecule has 208 valence electrons. The fourth-order valence-corrected chi connectivity index (χ4v) is 5.11. The SMILES string of the molecule is CCOc1cc(C=Nn2c([C@H](C)CC)nc3ccc(Br)cc3c2=O)cc(I)c1OCC(=O)Nc1ccc(Cl)cc1. The number of rotatable bonds is 10. The van der Waals surface area contributed by atoms with Gasteiger partial charge in [-0.15, -0.1) is 0 Å². The lowest BCUT2D eigenvalue weighted by Gasteiger charge is -2.15. The molecule has 1 N–H and O–H groups in total. The molecule has 0 saturated carbocycles. The van der Waals surface area contributed by atoms with E-state index in [4.69, 9.17) is 26.1 Å². The van der Waals surface area contributed by atoms with E-state index < -0.39 is 0 Å². The van der Waals surface area contributed by atoms with Gasteiger partial charge in [0, 0.05) is 21.1 Å². The van der Waals surface area contributed by atoms with Crippen LogP contribution in [-0.4, -0.2) is 35.0 Å². The van der Waals surface area contributed by atoms with Crippen molar-refractivity contribution in [3.8, 4) is 11.5 Å². The van der Waals surface area contributed by atoms with E-state index in [2.05, 4.69) is 48.9 Å². The summed E-state index contributed by atoms with van der Waals surface area (Å²) >= 11 is 11.5. The predicted octanol–water partition coefficient (Wildman–Crippen LogP) is 7.23. The molecule has 1 atom stereocenters. The molecule has 4 rings (SSSR count). The number of ether oxygens (including phenoxy) is 2. The molecule has 3 aromatic carbocycles. The second-order valence-electron chi connectivity index (χ2n) is 8.91. The van der Waals surface area contributed by atoms with Crippen LogP contribution >= 0.6 is 50.1 Å². The molecule has 0 aliphatic heterocycles. The summed E-state index contributed by atoms with van der Waals surface area (Å²) in [6.45, 7) is 6.11. The topological polar surface area (TPSA) is 94.8 Å². The third-order valence-electron chi connectivity index (χ3n) is 6.02. The number of hydrogen-bond donors (Lipinski definition) is 1. The van der Waals surface area contributed by atoms with E-state index in [9.17, 15) is 9.59 Å². The zero-order valence-corrected chi connectivity index (χ0v) is 26.6. The first kappa shape index (κ1) is 30.0. The van der Waals surface area contributed by atoms with Crippen LogP contribution in [0.25, 0.3) is 10.9 Å². The molecule has 4 aromatic rings. The fourth-order valence-electron chi connectivity index (χ4n) is 3.84. The second kappa shape index (κ2) is 13.6. The Morgan fingerprint density at radius 2 is 1.93 bits per heavy atom. The number of carbonyl (C=O) groups is 1. The van der Waals surface area contributed by atoms with Crippen molar-refractivity contribution in [3.63, 3.8) is 0 Å². The van der Waals surface area contributed by atoms with Crippen molar-refractivity contribution >= 4 is 78.8 Å². The van der Waals surface area contributed by atoms with Crippen molar-refractivity contribution in [2.75, 3.05) is 18.5 Å². The van der Waals surface area contributed by atoms with Crippen LogP contribution in [0, 0.1) is 3.57 Å². The Balaban J connectivity index is 1.62. The Labute approximate surface area is 259 Å². The molecule has 0 bridgehead atoms. The molecular formula is C29H27BrClIN4O4. The van der Waals surface area contributed by atoms with Gasteiger partial charge in [-0.25, -0.2) is 4.98 Å².